The fourth-order valence-corrected chi connectivity index (χ4v) is 3.82. The molecule has 1 aromatic heterocycles. The summed E-state index contributed by atoms with van der Waals surface area (Å²) in [5, 5.41) is 3.06. The maximum absolute atomic E-state index is 12.9. The molecule has 156 valence electrons. The fourth-order valence-electron chi connectivity index (χ4n) is 3.82. The Morgan fingerprint density at radius 1 is 1.00 bits per heavy atom. The monoisotopic (exact) mass is 404 g/mol. The van der Waals surface area contributed by atoms with Gasteiger partial charge in [-0.1, -0.05) is 60.7 Å². The molecular weight excluding hydrogens is 376 g/mol. The molecule has 2 aromatic carbocycles. The van der Waals surface area contributed by atoms with Gasteiger partial charge in [-0.15, -0.1) is 0 Å². The number of nitrogens with zero attached hydrogens (tertiary/aromatic N) is 1. The number of rotatable bonds is 7. The van der Waals surface area contributed by atoms with Crippen LogP contribution >= 0.6 is 0 Å². The van der Waals surface area contributed by atoms with Crippen molar-refractivity contribution < 1.29 is 14.3 Å². The van der Waals surface area contributed by atoms with E-state index in [1.165, 1.54) is 0 Å². The van der Waals surface area contributed by atoms with E-state index in [1.54, 1.807) is 6.92 Å². The number of esters is 1. The number of ether oxygens (including phenoxy) is 1. The molecule has 1 amide bonds. The van der Waals surface area contributed by atoms with Crippen molar-refractivity contribution in [2.45, 2.75) is 40.3 Å². The molecular formula is C25H28N2O3. The molecule has 0 saturated heterocycles. The Morgan fingerprint density at radius 2 is 1.60 bits per heavy atom. The summed E-state index contributed by atoms with van der Waals surface area (Å²) in [5.74, 6) is -0.474. The molecule has 5 heteroatoms. The van der Waals surface area contributed by atoms with Crippen molar-refractivity contribution in [2.75, 3.05) is 6.61 Å². The molecule has 0 saturated carbocycles. The quantitative estimate of drug-likeness (QED) is 0.574. The first-order chi connectivity index (χ1) is 14.4. The molecule has 1 atom stereocenters. The molecule has 0 aliphatic heterocycles. The maximum atomic E-state index is 12.9. The van der Waals surface area contributed by atoms with E-state index < -0.39 is 0 Å². The van der Waals surface area contributed by atoms with Crippen LogP contribution in [0.1, 0.15) is 47.1 Å². The molecule has 0 radical (unpaired) electrons. The van der Waals surface area contributed by atoms with Gasteiger partial charge in [-0.25, -0.2) is 4.79 Å². The summed E-state index contributed by atoms with van der Waals surface area (Å²) in [4.78, 5) is 25.5. The first kappa shape index (κ1) is 21.4. The van der Waals surface area contributed by atoms with Gasteiger partial charge in [0.15, 0.2) is 0 Å². The van der Waals surface area contributed by atoms with E-state index in [0.717, 1.165) is 28.1 Å². The first-order valence-electron chi connectivity index (χ1n) is 10.2. The van der Waals surface area contributed by atoms with E-state index in [1.807, 2.05) is 86.0 Å². The van der Waals surface area contributed by atoms with Crippen LogP contribution in [-0.2, 0) is 16.1 Å². The molecule has 0 aliphatic carbocycles. The minimum Gasteiger partial charge on any atom is -0.462 e. The van der Waals surface area contributed by atoms with Crippen molar-refractivity contribution >= 4 is 11.9 Å². The van der Waals surface area contributed by atoms with E-state index in [9.17, 15) is 9.59 Å². The van der Waals surface area contributed by atoms with Crippen LogP contribution in [0.25, 0.3) is 11.3 Å². The van der Waals surface area contributed by atoms with Gasteiger partial charge in [0, 0.05) is 5.69 Å². The number of hydrogen-bond acceptors (Lipinski definition) is 3. The largest absolute Gasteiger partial charge is 0.462 e. The zero-order valence-electron chi connectivity index (χ0n) is 17.9. The third kappa shape index (κ3) is 4.46. The second-order valence-corrected chi connectivity index (χ2v) is 7.31. The van der Waals surface area contributed by atoms with Gasteiger partial charge >= 0.3 is 5.97 Å². The summed E-state index contributed by atoms with van der Waals surface area (Å²) in [6.07, 6.45) is 0. The van der Waals surface area contributed by atoms with Crippen LogP contribution in [0.3, 0.4) is 0 Å². The normalized spacial score (nSPS) is 11.7. The molecule has 3 rings (SSSR count). The van der Waals surface area contributed by atoms with E-state index >= 15 is 0 Å². The number of benzene rings is 2. The maximum Gasteiger partial charge on any atom is 0.340 e. The number of amides is 1. The molecule has 0 spiro atoms. The summed E-state index contributed by atoms with van der Waals surface area (Å²) in [6, 6.07) is 19.5. The highest BCUT2D eigenvalue weighted by Crippen LogP contribution is 2.31. The molecule has 0 unspecified atom stereocenters. The number of hydrogen-bond donors (Lipinski definition) is 1. The Morgan fingerprint density at radius 3 is 2.20 bits per heavy atom. The van der Waals surface area contributed by atoms with Crippen LogP contribution < -0.4 is 5.32 Å². The molecule has 1 N–H and O–H groups in total. The van der Waals surface area contributed by atoms with Gasteiger partial charge in [0.05, 0.1) is 23.9 Å². The van der Waals surface area contributed by atoms with E-state index in [0.29, 0.717) is 12.2 Å². The molecule has 0 fully saturated rings. The number of carbonyl (C=O) groups excluding carboxylic acids is 2. The summed E-state index contributed by atoms with van der Waals surface area (Å²) < 4.78 is 7.18. The van der Waals surface area contributed by atoms with Crippen molar-refractivity contribution in [1.29, 1.82) is 0 Å². The van der Waals surface area contributed by atoms with Gasteiger partial charge in [0.2, 0.25) is 5.91 Å². The van der Waals surface area contributed by atoms with E-state index in [-0.39, 0.29) is 24.5 Å². The second-order valence-electron chi connectivity index (χ2n) is 7.31. The second kappa shape index (κ2) is 9.44. The lowest BCUT2D eigenvalue weighted by Gasteiger charge is -2.17. The van der Waals surface area contributed by atoms with Crippen LogP contribution in [0.4, 0.5) is 0 Å². The zero-order chi connectivity index (χ0) is 21.7. The van der Waals surface area contributed by atoms with E-state index in [2.05, 4.69) is 5.32 Å². The number of aromatic nitrogens is 1. The van der Waals surface area contributed by atoms with Crippen LogP contribution in [0.15, 0.2) is 60.7 Å². The third-order valence-corrected chi connectivity index (χ3v) is 5.27. The minimum absolute atomic E-state index is 0.111. The number of carbonyl (C=O) groups is 2. The average molecular weight is 405 g/mol. The Hall–Kier alpha value is -3.34. The summed E-state index contributed by atoms with van der Waals surface area (Å²) in [7, 11) is 0. The van der Waals surface area contributed by atoms with Crippen molar-refractivity contribution in [3.8, 4) is 11.3 Å². The van der Waals surface area contributed by atoms with Gasteiger partial charge < -0.3 is 14.6 Å². The highest BCUT2D eigenvalue weighted by molar-refractivity contribution is 5.95. The predicted octanol–water partition coefficient (Wildman–Crippen LogP) is 4.83. The smallest absolute Gasteiger partial charge is 0.340 e. The summed E-state index contributed by atoms with van der Waals surface area (Å²) in [5.41, 5.74) is 4.94. The lowest BCUT2D eigenvalue weighted by atomic mass is 10.1. The van der Waals surface area contributed by atoms with Crippen molar-refractivity contribution in [1.82, 2.24) is 9.88 Å². The van der Waals surface area contributed by atoms with Gasteiger partial charge in [-0.05, 0) is 44.4 Å². The Bertz CT molecular complexity index is 1020. The Kier molecular flexibility index (Phi) is 6.72. The Labute approximate surface area is 177 Å². The van der Waals surface area contributed by atoms with Gasteiger partial charge in [-0.2, -0.15) is 0 Å². The highest BCUT2D eigenvalue weighted by Gasteiger charge is 2.25. The van der Waals surface area contributed by atoms with Crippen LogP contribution in [-0.4, -0.2) is 23.1 Å². The van der Waals surface area contributed by atoms with Crippen molar-refractivity contribution in [2.24, 2.45) is 0 Å². The zero-order valence-corrected chi connectivity index (χ0v) is 17.9. The topological polar surface area (TPSA) is 60.3 Å². The molecule has 0 aliphatic rings. The first-order valence-corrected chi connectivity index (χ1v) is 10.2. The molecule has 0 bridgehead atoms. The fraction of sp³-hybridized carbons (Fsp3) is 0.280. The molecule has 30 heavy (non-hydrogen) atoms. The molecule has 3 aromatic rings. The third-order valence-electron chi connectivity index (χ3n) is 5.27. The van der Waals surface area contributed by atoms with Crippen molar-refractivity contribution in [3.63, 3.8) is 0 Å². The lowest BCUT2D eigenvalue weighted by molar-refractivity contribution is -0.122. The minimum atomic E-state index is -0.360. The van der Waals surface area contributed by atoms with Gasteiger partial charge in [0.25, 0.3) is 0 Å². The highest BCUT2D eigenvalue weighted by atomic mass is 16.5. The van der Waals surface area contributed by atoms with Crippen LogP contribution in [0, 0.1) is 13.8 Å². The SMILES string of the molecule is CCOC(=O)c1c(C)c(-c2ccccc2)n(CC(=O)N[C@@H](C)c2ccccc2)c1C. The average Bonchev–Trinajstić information content (AvgIpc) is 2.98. The summed E-state index contributed by atoms with van der Waals surface area (Å²) in [6.45, 7) is 7.94. The van der Waals surface area contributed by atoms with Crippen LogP contribution in [0.5, 0.6) is 0 Å². The van der Waals surface area contributed by atoms with Crippen LogP contribution in [0.2, 0.25) is 0 Å². The molecule has 5 nitrogen and oxygen atoms in total. The number of nitrogens with one attached hydrogen (secondary N) is 1. The standard InChI is InChI=1S/C25H28N2O3/c1-5-30-25(29)23-17(2)24(21-14-10-7-11-15-21)27(19(23)4)16-22(28)26-18(3)20-12-8-6-9-13-20/h6-15,18H,5,16H2,1-4H3,(H,26,28)/t18-/m0/s1. The van der Waals surface area contributed by atoms with Gasteiger partial charge in [0.1, 0.15) is 6.54 Å². The predicted molar refractivity (Wildman–Crippen MR) is 118 cm³/mol. The van der Waals surface area contributed by atoms with Crippen molar-refractivity contribution in [3.05, 3.63) is 83.0 Å². The summed E-state index contributed by atoms with van der Waals surface area (Å²) >= 11 is 0. The Balaban J connectivity index is 1.95. The van der Waals surface area contributed by atoms with E-state index in [4.69, 9.17) is 4.74 Å². The lowest BCUT2D eigenvalue weighted by Crippen LogP contribution is -2.30. The van der Waals surface area contributed by atoms with Gasteiger partial charge in [-0.3, -0.25) is 4.79 Å². The molecule has 1 heterocycles.